The van der Waals surface area contributed by atoms with Gasteiger partial charge in [-0.25, -0.2) is 4.98 Å². The standard InChI is InChI=1S/C16H15FN2O2S/c1-3-20-13-7-10-11(8-14(13)21-4-2)19-12(9-18-10)15-5-6-16(17)22-15/h5-9H,3-4H2,1-2H3. The lowest BCUT2D eigenvalue weighted by Gasteiger charge is -2.11. The van der Waals surface area contributed by atoms with Crippen LogP contribution in [0.25, 0.3) is 21.6 Å². The summed E-state index contributed by atoms with van der Waals surface area (Å²) in [4.78, 5) is 9.69. The molecular formula is C16H15FN2O2S. The highest BCUT2D eigenvalue weighted by Gasteiger charge is 2.11. The number of rotatable bonds is 5. The molecule has 114 valence electrons. The summed E-state index contributed by atoms with van der Waals surface area (Å²) < 4.78 is 24.3. The van der Waals surface area contributed by atoms with E-state index in [4.69, 9.17) is 9.47 Å². The third kappa shape index (κ3) is 2.87. The fourth-order valence-corrected chi connectivity index (χ4v) is 2.81. The van der Waals surface area contributed by atoms with Crippen LogP contribution in [-0.4, -0.2) is 23.2 Å². The largest absolute Gasteiger partial charge is 0.490 e. The molecular weight excluding hydrogens is 303 g/mol. The van der Waals surface area contributed by atoms with Gasteiger partial charge in [0.25, 0.3) is 0 Å². The minimum Gasteiger partial charge on any atom is -0.490 e. The van der Waals surface area contributed by atoms with Gasteiger partial charge in [0.1, 0.15) is 0 Å². The monoisotopic (exact) mass is 318 g/mol. The van der Waals surface area contributed by atoms with E-state index in [9.17, 15) is 4.39 Å². The first-order valence-corrected chi connectivity index (χ1v) is 7.85. The van der Waals surface area contributed by atoms with Gasteiger partial charge in [-0.15, -0.1) is 11.3 Å². The summed E-state index contributed by atoms with van der Waals surface area (Å²) in [7, 11) is 0. The Morgan fingerprint density at radius 3 is 2.32 bits per heavy atom. The Kier molecular flexibility index (Phi) is 4.20. The average Bonchev–Trinajstić information content (AvgIpc) is 2.94. The van der Waals surface area contributed by atoms with E-state index in [2.05, 4.69) is 9.97 Å². The summed E-state index contributed by atoms with van der Waals surface area (Å²) in [6.45, 7) is 4.91. The van der Waals surface area contributed by atoms with Gasteiger partial charge in [-0.1, -0.05) is 0 Å². The van der Waals surface area contributed by atoms with E-state index in [1.165, 1.54) is 6.07 Å². The number of thiophene rings is 1. The predicted octanol–water partition coefficient (Wildman–Crippen LogP) is 4.29. The minimum absolute atomic E-state index is 0.237. The number of hydrogen-bond acceptors (Lipinski definition) is 5. The molecule has 0 saturated carbocycles. The Morgan fingerprint density at radius 1 is 1.05 bits per heavy atom. The first-order valence-electron chi connectivity index (χ1n) is 7.03. The number of nitrogens with zero attached hydrogens (tertiary/aromatic N) is 2. The molecule has 0 saturated heterocycles. The van der Waals surface area contributed by atoms with Crippen LogP contribution < -0.4 is 9.47 Å². The van der Waals surface area contributed by atoms with Gasteiger partial charge in [0.2, 0.25) is 0 Å². The van der Waals surface area contributed by atoms with Gasteiger partial charge in [0.05, 0.1) is 41.0 Å². The zero-order valence-corrected chi connectivity index (χ0v) is 13.1. The van der Waals surface area contributed by atoms with Crippen molar-refractivity contribution in [2.45, 2.75) is 13.8 Å². The Morgan fingerprint density at radius 2 is 1.73 bits per heavy atom. The first kappa shape index (κ1) is 14.7. The SMILES string of the molecule is CCOc1cc2ncc(-c3ccc(F)s3)nc2cc1OCC. The Bertz CT molecular complexity index is 804. The maximum absolute atomic E-state index is 13.2. The highest BCUT2D eigenvalue weighted by molar-refractivity contribution is 7.13. The second-order valence-corrected chi connectivity index (χ2v) is 5.55. The lowest BCUT2D eigenvalue weighted by Crippen LogP contribution is -1.99. The summed E-state index contributed by atoms with van der Waals surface area (Å²) in [5, 5.41) is -0.237. The number of ether oxygens (including phenoxy) is 2. The first-order chi connectivity index (χ1) is 10.7. The molecule has 0 amide bonds. The third-order valence-electron chi connectivity index (χ3n) is 3.03. The zero-order chi connectivity index (χ0) is 15.5. The quantitative estimate of drug-likeness (QED) is 0.704. The lowest BCUT2D eigenvalue weighted by molar-refractivity contribution is 0.288. The summed E-state index contributed by atoms with van der Waals surface area (Å²) in [6, 6.07) is 6.75. The molecule has 0 aliphatic heterocycles. The summed E-state index contributed by atoms with van der Waals surface area (Å²) in [5.74, 6) is 1.29. The van der Waals surface area contributed by atoms with E-state index in [0.717, 1.165) is 16.2 Å². The van der Waals surface area contributed by atoms with Crippen LogP contribution in [0.4, 0.5) is 4.39 Å². The van der Waals surface area contributed by atoms with E-state index < -0.39 is 0 Å². The summed E-state index contributed by atoms with van der Waals surface area (Å²) in [6.07, 6.45) is 1.64. The summed E-state index contributed by atoms with van der Waals surface area (Å²) in [5.41, 5.74) is 2.05. The molecule has 6 heteroatoms. The van der Waals surface area contributed by atoms with Crippen molar-refractivity contribution >= 4 is 22.4 Å². The molecule has 0 atom stereocenters. The molecule has 0 unspecified atom stereocenters. The molecule has 0 aliphatic carbocycles. The lowest BCUT2D eigenvalue weighted by atomic mass is 10.2. The van der Waals surface area contributed by atoms with Crippen molar-refractivity contribution in [3.05, 3.63) is 35.6 Å². The van der Waals surface area contributed by atoms with Crippen molar-refractivity contribution in [2.75, 3.05) is 13.2 Å². The van der Waals surface area contributed by atoms with Gasteiger partial charge in [-0.05, 0) is 26.0 Å². The normalized spacial score (nSPS) is 10.9. The topological polar surface area (TPSA) is 44.2 Å². The average molecular weight is 318 g/mol. The Balaban J connectivity index is 2.09. The van der Waals surface area contributed by atoms with Gasteiger partial charge >= 0.3 is 0 Å². The highest BCUT2D eigenvalue weighted by atomic mass is 32.1. The van der Waals surface area contributed by atoms with Gasteiger partial charge in [-0.2, -0.15) is 4.39 Å². The molecule has 3 aromatic rings. The molecule has 0 aliphatic rings. The molecule has 3 rings (SSSR count). The second-order valence-electron chi connectivity index (χ2n) is 4.51. The van der Waals surface area contributed by atoms with Crippen molar-refractivity contribution < 1.29 is 13.9 Å². The van der Waals surface area contributed by atoms with E-state index >= 15 is 0 Å². The molecule has 0 radical (unpaired) electrons. The second kappa shape index (κ2) is 6.27. The number of fused-ring (bicyclic) bond motifs is 1. The molecule has 0 bridgehead atoms. The zero-order valence-electron chi connectivity index (χ0n) is 12.3. The maximum Gasteiger partial charge on any atom is 0.177 e. The smallest absolute Gasteiger partial charge is 0.177 e. The molecule has 0 spiro atoms. The van der Waals surface area contributed by atoms with Crippen molar-refractivity contribution in [1.29, 1.82) is 0 Å². The fraction of sp³-hybridized carbons (Fsp3) is 0.250. The maximum atomic E-state index is 13.2. The number of aromatic nitrogens is 2. The van der Waals surface area contributed by atoms with E-state index in [0.29, 0.717) is 41.4 Å². The van der Waals surface area contributed by atoms with E-state index in [1.54, 1.807) is 12.3 Å². The van der Waals surface area contributed by atoms with Gasteiger partial charge in [0, 0.05) is 12.1 Å². The Labute approximate surface area is 131 Å². The minimum atomic E-state index is -0.237. The fourth-order valence-electron chi connectivity index (χ4n) is 2.13. The van der Waals surface area contributed by atoms with E-state index in [-0.39, 0.29) is 5.13 Å². The van der Waals surface area contributed by atoms with Crippen molar-refractivity contribution in [3.63, 3.8) is 0 Å². The van der Waals surface area contributed by atoms with Crippen molar-refractivity contribution in [3.8, 4) is 22.1 Å². The van der Waals surface area contributed by atoms with Crippen LogP contribution in [-0.2, 0) is 0 Å². The van der Waals surface area contributed by atoms with Crippen LogP contribution in [0.5, 0.6) is 11.5 Å². The van der Waals surface area contributed by atoms with Crippen LogP contribution in [0.1, 0.15) is 13.8 Å². The van der Waals surface area contributed by atoms with Crippen molar-refractivity contribution in [1.82, 2.24) is 9.97 Å². The molecule has 22 heavy (non-hydrogen) atoms. The molecule has 0 fully saturated rings. The molecule has 0 N–H and O–H groups in total. The van der Waals surface area contributed by atoms with Crippen LogP contribution in [0.3, 0.4) is 0 Å². The van der Waals surface area contributed by atoms with Crippen LogP contribution in [0, 0.1) is 5.13 Å². The molecule has 4 nitrogen and oxygen atoms in total. The molecule has 2 aromatic heterocycles. The van der Waals surface area contributed by atoms with Crippen LogP contribution >= 0.6 is 11.3 Å². The number of hydrogen-bond donors (Lipinski definition) is 0. The molecule has 2 heterocycles. The predicted molar refractivity (Wildman–Crippen MR) is 85.1 cm³/mol. The highest BCUT2D eigenvalue weighted by Crippen LogP contribution is 2.33. The number of halogens is 1. The molecule has 1 aromatic carbocycles. The van der Waals surface area contributed by atoms with Gasteiger partial charge < -0.3 is 9.47 Å². The number of benzene rings is 1. The summed E-state index contributed by atoms with van der Waals surface area (Å²) >= 11 is 1.05. The van der Waals surface area contributed by atoms with Gasteiger partial charge in [0.15, 0.2) is 16.6 Å². The van der Waals surface area contributed by atoms with Crippen LogP contribution in [0.2, 0.25) is 0 Å². The Hall–Kier alpha value is -2.21. The van der Waals surface area contributed by atoms with Crippen molar-refractivity contribution in [2.24, 2.45) is 0 Å². The third-order valence-corrected chi connectivity index (χ3v) is 3.93. The van der Waals surface area contributed by atoms with E-state index in [1.807, 2.05) is 26.0 Å². The van der Waals surface area contributed by atoms with Gasteiger partial charge in [-0.3, -0.25) is 4.98 Å². The van der Waals surface area contributed by atoms with Crippen LogP contribution in [0.15, 0.2) is 30.5 Å².